The number of hydrogen-bond acceptors (Lipinski definition) is 6. The Hall–Kier alpha value is -3.15. The van der Waals surface area contributed by atoms with Gasteiger partial charge < -0.3 is 15.4 Å². The Kier molecular flexibility index (Phi) is 5.09. The quantitative estimate of drug-likeness (QED) is 0.713. The lowest BCUT2D eigenvalue weighted by molar-refractivity contribution is 0.416. The molecule has 0 fully saturated rings. The molecule has 25 heavy (non-hydrogen) atoms. The van der Waals surface area contributed by atoms with Crippen molar-refractivity contribution in [1.82, 2.24) is 15.0 Å². The molecule has 0 spiro atoms. The first-order chi connectivity index (χ1) is 12.1. The van der Waals surface area contributed by atoms with Crippen LogP contribution in [-0.2, 0) is 6.54 Å². The van der Waals surface area contributed by atoms with E-state index in [0.717, 1.165) is 28.4 Å². The number of benzene rings is 1. The molecule has 128 valence electrons. The van der Waals surface area contributed by atoms with Crippen LogP contribution in [0.3, 0.4) is 0 Å². The van der Waals surface area contributed by atoms with Crippen molar-refractivity contribution in [1.29, 1.82) is 0 Å². The molecule has 3 rings (SSSR count). The SMILES string of the molecule is COc1ccc(C)cc1Nc1cc(C)nc(NCc2ccccn2)n1. The summed E-state index contributed by atoms with van der Waals surface area (Å²) in [5.41, 5.74) is 3.81. The smallest absolute Gasteiger partial charge is 0.225 e. The van der Waals surface area contributed by atoms with Crippen molar-refractivity contribution >= 4 is 17.5 Å². The molecule has 0 aliphatic heterocycles. The monoisotopic (exact) mass is 335 g/mol. The Morgan fingerprint density at radius 2 is 1.92 bits per heavy atom. The zero-order valence-electron chi connectivity index (χ0n) is 14.6. The Bertz CT molecular complexity index is 852. The molecule has 0 bridgehead atoms. The molecule has 6 nitrogen and oxygen atoms in total. The highest BCUT2D eigenvalue weighted by Crippen LogP contribution is 2.28. The van der Waals surface area contributed by atoms with E-state index in [1.807, 2.05) is 56.3 Å². The van der Waals surface area contributed by atoms with Crippen molar-refractivity contribution in [3.63, 3.8) is 0 Å². The van der Waals surface area contributed by atoms with Crippen molar-refractivity contribution in [3.8, 4) is 5.75 Å². The topological polar surface area (TPSA) is 72.0 Å². The number of nitrogens with zero attached hydrogens (tertiary/aromatic N) is 3. The van der Waals surface area contributed by atoms with Gasteiger partial charge in [0.2, 0.25) is 5.95 Å². The van der Waals surface area contributed by atoms with E-state index in [9.17, 15) is 0 Å². The van der Waals surface area contributed by atoms with E-state index in [1.54, 1.807) is 13.3 Å². The van der Waals surface area contributed by atoms with E-state index in [2.05, 4.69) is 25.6 Å². The highest BCUT2D eigenvalue weighted by atomic mass is 16.5. The number of rotatable bonds is 6. The molecule has 6 heteroatoms. The van der Waals surface area contributed by atoms with E-state index in [-0.39, 0.29) is 0 Å². The van der Waals surface area contributed by atoms with Gasteiger partial charge in [-0.2, -0.15) is 4.98 Å². The Labute approximate surface area is 147 Å². The average Bonchev–Trinajstić information content (AvgIpc) is 2.61. The first-order valence-corrected chi connectivity index (χ1v) is 8.05. The molecule has 1 aromatic carbocycles. The molecule has 0 saturated carbocycles. The molecular formula is C19H21N5O. The summed E-state index contributed by atoms with van der Waals surface area (Å²) >= 11 is 0. The van der Waals surface area contributed by atoms with Gasteiger partial charge in [-0.3, -0.25) is 4.98 Å². The molecule has 3 aromatic rings. The van der Waals surface area contributed by atoms with Gasteiger partial charge in [-0.05, 0) is 43.7 Å². The number of pyridine rings is 1. The minimum absolute atomic E-state index is 0.555. The minimum atomic E-state index is 0.555. The van der Waals surface area contributed by atoms with Gasteiger partial charge in [0.15, 0.2) is 0 Å². The molecule has 0 aliphatic carbocycles. The standard InChI is InChI=1S/C19H21N5O/c1-13-7-8-17(25-3)16(10-13)23-18-11-14(2)22-19(24-18)21-12-15-6-4-5-9-20-15/h4-11H,12H2,1-3H3,(H2,21,22,23,24). The second-order valence-corrected chi connectivity index (χ2v) is 5.72. The largest absolute Gasteiger partial charge is 0.495 e. The summed E-state index contributed by atoms with van der Waals surface area (Å²) in [5, 5.41) is 6.52. The van der Waals surface area contributed by atoms with Crippen LogP contribution >= 0.6 is 0 Å². The molecule has 0 saturated heterocycles. The van der Waals surface area contributed by atoms with Crippen LogP contribution in [0.5, 0.6) is 5.75 Å². The lowest BCUT2D eigenvalue weighted by atomic mass is 10.2. The van der Waals surface area contributed by atoms with E-state index in [0.29, 0.717) is 18.3 Å². The molecule has 0 unspecified atom stereocenters. The van der Waals surface area contributed by atoms with Gasteiger partial charge in [0.25, 0.3) is 0 Å². The fourth-order valence-corrected chi connectivity index (χ4v) is 2.44. The third-order valence-corrected chi connectivity index (χ3v) is 3.63. The summed E-state index contributed by atoms with van der Waals surface area (Å²) in [6.07, 6.45) is 1.77. The van der Waals surface area contributed by atoms with Crippen molar-refractivity contribution in [2.45, 2.75) is 20.4 Å². The summed E-state index contributed by atoms with van der Waals surface area (Å²) in [4.78, 5) is 13.3. The Morgan fingerprint density at radius 1 is 1.04 bits per heavy atom. The van der Waals surface area contributed by atoms with Crippen LogP contribution in [0.1, 0.15) is 17.0 Å². The van der Waals surface area contributed by atoms with Crippen LogP contribution in [0.25, 0.3) is 0 Å². The Morgan fingerprint density at radius 3 is 2.68 bits per heavy atom. The number of nitrogens with one attached hydrogen (secondary N) is 2. The molecular weight excluding hydrogens is 314 g/mol. The first-order valence-electron chi connectivity index (χ1n) is 8.05. The normalized spacial score (nSPS) is 10.4. The second kappa shape index (κ2) is 7.61. The Balaban J connectivity index is 1.79. The maximum atomic E-state index is 5.41. The van der Waals surface area contributed by atoms with Gasteiger partial charge >= 0.3 is 0 Å². The van der Waals surface area contributed by atoms with E-state index < -0.39 is 0 Å². The summed E-state index contributed by atoms with van der Waals surface area (Å²) in [5.74, 6) is 2.03. The maximum absolute atomic E-state index is 5.41. The molecule has 0 amide bonds. The second-order valence-electron chi connectivity index (χ2n) is 5.72. The summed E-state index contributed by atoms with van der Waals surface area (Å²) < 4.78 is 5.41. The first kappa shape index (κ1) is 16.7. The predicted molar refractivity (Wildman–Crippen MR) is 99.3 cm³/mol. The maximum Gasteiger partial charge on any atom is 0.225 e. The number of ether oxygens (including phenoxy) is 1. The predicted octanol–water partition coefficient (Wildman–Crippen LogP) is 3.85. The fraction of sp³-hybridized carbons (Fsp3) is 0.211. The zero-order chi connectivity index (χ0) is 17.6. The molecule has 2 heterocycles. The summed E-state index contributed by atoms with van der Waals surface area (Å²) in [6.45, 7) is 4.54. The van der Waals surface area contributed by atoms with Gasteiger partial charge in [-0.15, -0.1) is 0 Å². The number of hydrogen-bond donors (Lipinski definition) is 2. The van der Waals surface area contributed by atoms with E-state index >= 15 is 0 Å². The van der Waals surface area contributed by atoms with Gasteiger partial charge in [0.05, 0.1) is 25.0 Å². The van der Waals surface area contributed by atoms with Crippen LogP contribution in [0.2, 0.25) is 0 Å². The highest BCUT2D eigenvalue weighted by molar-refractivity contribution is 5.65. The van der Waals surface area contributed by atoms with Crippen LogP contribution in [0, 0.1) is 13.8 Å². The lowest BCUT2D eigenvalue weighted by Gasteiger charge is -2.13. The summed E-state index contributed by atoms with van der Waals surface area (Å²) in [6, 6.07) is 13.7. The van der Waals surface area contributed by atoms with Crippen molar-refractivity contribution in [3.05, 3.63) is 65.6 Å². The highest BCUT2D eigenvalue weighted by Gasteiger charge is 2.07. The summed E-state index contributed by atoms with van der Waals surface area (Å²) in [7, 11) is 1.65. The van der Waals surface area contributed by atoms with Crippen LogP contribution in [-0.4, -0.2) is 22.1 Å². The van der Waals surface area contributed by atoms with Crippen molar-refractivity contribution in [2.24, 2.45) is 0 Å². The van der Waals surface area contributed by atoms with Gasteiger partial charge in [0.1, 0.15) is 11.6 Å². The molecule has 2 aromatic heterocycles. The molecule has 0 atom stereocenters. The van der Waals surface area contributed by atoms with Gasteiger partial charge in [0, 0.05) is 18.0 Å². The lowest BCUT2D eigenvalue weighted by Crippen LogP contribution is -2.07. The number of aryl methyl sites for hydroxylation is 2. The van der Waals surface area contributed by atoms with Crippen LogP contribution in [0.15, 0.2) is 48.7 Å². The van der Waals surface area contributed by atoms with Gasteiger partial charge in [-0.25, -0.2) is 4.98 Å². The van der Waals surface area contributed by atoms with Crippen molar-refractivity contribution < 1.29 is 4.74 Å². The minimum Gasteiger partial charge on any atom is -0.495 e. The molecule has 0 aliphatic rings. The molecule has 0 radical (unpaired) electrons. The fourth-order valence-electron chi connectivity index (χ4n) is 2.44. The number of anilines is 3. The van der Waals surface area contributed by atoms with Crippen LogP contribution in [0.4, 0.5) is 17.5 Å². The van der Waals surface area contributed by atoms with Crippen LogP contribution < -0.4 is 15.4 Å². The zero-order valence-corrected chi connectivity index (χ0v) is 14.6. The van der Waals surface area contributed by atoms with Gasteiger partial charge in [-0.1, -0.05) is 12.1 Å². The van der Waals surface area contributed by atoms with Crippen molar-refractivity contribution in [2.75, 3.05) is 17.7 Å². The third kappa shape index (κ3) is 4.44. The number of aromatic nitrogens is 3. The molecule has 2 N–H and O–H groups in total. The number of methoxy groups -OCH3 is 1. The van der Waals surface area contributed by atoms with E-state index in [4.69, 9.17) is 4.74 Å². The average molecular weight is 335 g/mol. The third-order valence-electron chi connectivity index (χ3n) is 3.63. The van der Waals surface area contributed by atoms with E-state index in [1.165, 1.54) is 0 Å².